The number of carbonyl (C=O) groups excluding carboxylic acids is 1. The number of alkyl halides is 1. The second kappa shape index (κ2) is 8.99. The molecular weight excluding hydrogens is 416 g/mol. The number of nitrogens with one attached hydrogen (secondary N) is 1. The number of nitriles is 1. The number of aromatic nitrogens is 2. The monoisotopic (exact) mass is 443 g/mol. The van der Waals surface area contributed by atoms with Crippen molar-refractivity contribution < 1.29 is 9.18 Å². The zero-order chi connectivity index (χ0) is 22.0. The van der Waals surface area contributed by atoms with Gasteiger partial charge in [0.05, 0.1) is 24.3 Å². The van der Waals surface area contributed by atoms with Crippen molar-refractivity contribution in [2.45, 2.75) is 17.9 Å². The Bertz CT molecular complexity index is 1000. The molecule has 1 N–H and O–H groups in total. The lowest BCUT2D eigenvalue weighted by Gasteiger charge is -2.41. The first kappa shape index (κ1) is 21.8. The number of amides is 1. The highest BCUT2D eigenvalue weighted by Gasteiger charge is 2.38. The average molecular weight is 443 g/mol. The number of rotatable bonds is 4. The molecule has 2 aliphatic heterocycles. The van der Waals surface area contributed by atoms with Crippen molar-refractivity contribution in [1.29, 1.82) is 5.26 Å². The van der Waals surface area contributed by atoms with Gasteiger partial charge in [0, 0.05) is 57.6 Å². The molecule has 1 amide bonds. The van der Waals surface area contributed by atoms with E-state index < -0.39 is 5.41 Å². The van der Waals surface area contributed by atoms with Crippen LogP contribution in [0.5, 0.6) is 0 Å². The summed E-state index contributed by atoms with van der Waals surface area (Å²) in [5.74, 6) is -0.0818. The number of likely N-dealkylation sites (N-methyl/N-ethyl adjacent to an activating group) is 1. The first-order valence-electron chi connectivity index (χ1n) is 10.4. The van der Waals surface area contributed by atoms with E-state index >= 15 is 4.39 Å². The Hall–Kier alpha value is -2.40. The van der Waals surface area contributed by atoms with Gasteiger partial charge in [-0.1, -0.05) is 9.24 Å². The molecule has 31 heavy (non-hydrogen) atoms. The number of hydrogen-bond donors (Lipinski definition) is 1. The number of piperazine rings is 1. The fraction of sp³-hybridized carbons (Fsp3) is 0.524. The van der Waals surface area contributed by atoms with Gasteiger partial charge in [-0.3, -0.25) is 19.7 Å². The Morgan fingerprint density at radius 2 is 2.00 bits per heavy atom. The molecule has 8 nitrogen and oxygen atoms in total. The van der Waals surface area contributed by atoms with E-state index in [-0.39, 0.29) is 24.9 Å². The van der Waals surface area contributed by atoms with Crippen LogP contribution in [-0.4, -0.2) is 90.0 Å². The van der Waals surface area contributed by atoms with Gasteiger partial charge in [-0.25, -0.2) is 4.39 Å². The maximum Gasteiger partial charge on any atom is 0.234 e. The largest absolute Gasteiger partial charge is 0.364 e. The molecule has 3 unspecified atom stereocenters. The van der Waals surface area contributed by atoms with E-state index in [1.807, 2.05) is 4.90 Å². The molecule has 0 aliphatic carbocycles. The summed E-state index contributed by atoms with van der Waals surface area (Å²) in [4.78, 5) is 27.6. The molecule has 0 saturated carbocycles. The van der Waals surface area contributed by atoms with Gasteiger partial charge in [-0.15, -0.1) is 0 Å². The van der Waals surface area contributed by atoms with Gasteiger partial charge in [0.15, 0.2) is 0 Å². The fourth-order valence-electron chi connectivity index (χ4n) is 4.34. The van der Waals surface area contributed by atoms with Gasteiger partial charge < -0.3 is 15.1 Å². The van der Waals surface area contributed by atoms with Crippen LogP contribution in [0, 0.1) is 11.3 Å². The van der Waals surface area contributed by atoms with E-state index in [4.69, 9.17) is 0 Å². The molecule has 164 valence electrons. The molecule has 4 rings (SSSR count). The molecule has 3 heterocycles. The number of fused-ring (bicyclic) bond motifs is 1. The van der Waals surface area contributed by atoms with Gasteiger partial charge in [-0.05, 0) is 19.2 Å². The number of nitrogens with zero attached hydrogens (tertiary/aromatic N) is 6. The van der Waals surface area contributed by atoms with E-state index in [0.717, 1.165) is 26.2 Å². The normalized spacial score (nSPS) is 25.4. The number of anilines is 1. The van der Waals surface area contributed by atoms with Crippen LogP contribution in [-0.2, 0) is 4.79 Å². The Balaban J connectivity index is 1.50. The first-order valence-corrected chi connectivity index (χ1v) is 11.0. The number of halogens is 1. The number of piperidine rings is 1. The van der Waals surface area contributed by atoms with Crippen LogP contribution in [0.3, 0.4) is 0 Å². The summed E-state index contributed by atoms with van der Waals surface area (Å²) in [5, 5.41) is 10.8. The average Bonchev–Trinajstić information content (AvgIpc) is 2.73. The lowest BCUT2D eigenvalue weighted by Crippen LogP contribution is -2.56. The van der Waals surface area contributed by atoms with Gasteiger partial charge in [0.25, 0.3) is 0 Å². The Labute approximate surface area is 183 Å². The third-order valence-electron chi connectivity index (χ3n) is 5.87. The summed E-state index contributed by atoms with van der Waals surface area (Å²) < 4.78 is 15.2. The minimum absolute atomic E-state index is 0.0818. The first-order chi connectivity index (χ1) is 14.8. The van der Waals surface area contributed by atoms with Crippen molar-refractivity contribution in [3.8, 4) is 6.07 Å². The van der Waals surface area contributed by atoms with E-state index in [1.165, 1.54) is 0 Å². The number of hydrogen-bond acceptors (Lipinski definition) is 7. The highest BCUT2D eigenvalue weighted by Crippen LogP contribution is 2.36. The van der Waals surface area contributed by atoms with Crippen LogP contribution >= 0.6 is 9.24 Å². The van der Waals surface area contributed by atoms with Crippen LogP contribution in [0.1, 0.15) is 12.0 Å². The molecule has 2 fully saturated rings. The summed E-state index contributed by atoms with van der Waals surface area (Å²) in [5.41, 5.74) is 2.20. The second-order valence-electron chi connectivity index (χ2n) is 8.46. The highest BCUT2D eigenvalue weighted by molar-refractivity contribution is 7.18. The third kappa shape index (κ3) is 5.09. The summed E-state index contributed by atoms with van der Waals surface area (Å²) >= 11 is 0. The Morgan fingerprint density at radius 1 is 1.29 bits per heavy atom. The predicted octanol–water partition coefficient (Wildman–Crippen LogP) is 0.985. The molecule has 1 aromatic carbocycles. The van der Waals surface area contributed by atoms with E-state index in [2.05, 4.69) is 47.4 Å². The maximum atomic E-state index is 15.2. The van der Waals surface area contributed by atoms with Gasteiger partial charge >= 0.3 is 0 Å². The van der Waals surface area contributed by atoms with Crippen molar-refractivity contribution in [1.82, 2.24) is 25.1 Å². The molecule has 2 saturated heterocycles. The van der Waals surface area contributed by atoms with Crippen molar-refractivity contribution in [3.63, 3.8) is 0 Å². The van der Waals surface area contributed by atoms with Gasteiger partial charge in [-0.2, -0.15) is 5.26 Å². The predicted molar refractivity (Wildman–Crippen MR) is 120 cm³/mol. The molecule has 2 aliphatic rings. The van der Waals surface area contributed by atoms with Crippen molar-refractivity contribution in [3.05, 3.63) is 30.1 Å². The molecule has 1 aromatic heterocycles. The molecule has 2 aromatic rings. The van der Waals surface area contributed by atoms with Crippen LogP contribution < -0.4 is 10.2 Å². The molecule has 10 heteroatoms. The van der Waals surface area contributed by atoms with Crippen molar-refractivity contribution in [2.24, 2.45) is 0 Å². The number of carbonyl (C=O) groups is 1. The van der Waals surface area contributed by atoms with E-state index in [1.54, 1.807) is 24.5 Å². The second-order valence-corrected chi connectivity index (χ2v) is 9.50. The maximum absolute atomic E-state index is 15.2. The fourth-order valence-corrected chi connectivity index (χ4v) is 4.84. The SMILES string of the molecule is CN1CCN(CC(=O)NC2CN(c3ccc(C#N)c4nccnc34)CC(F)(P)C2)CC1. The summed E-state index contributed by atoms with van der Waals surface area (Å²) in [7, 11) is 4.36. The van der Waals surface area contributed by atoms with E-state index in [9.17, 15) is 10.1 Å². The summed E-state index contributed by atoms with van der Waals surface area (Å²) in [6.07, 6.45) is 3.33. The molecule has 0 spiro atoms. The standard InChI is InChI=1S/C21H27FN7OP/c1-27-6-8-28(9-7-27)13-18(30)26-16-10-21(22,31)14-29(12-16)17-3-2-15(11-23)19-20(17)25-5-4-24-19/h2-5,16H,6-10,12-14,31H2,1H3,(H,26,30). The van der Waals surface area contributed by atoms with Crippen molar-refractivity contribution in [2.75, 3.05) is 57.8 Å². The van der Waals surface area contributed by atoms with Crippen LogP contribution in [0.25, 0.3) is 11.0 Å². The van der Waals surface area contributed by atoms with E-state index in [0.29, 0.717) is 35.4 Å². The molecule has 0 bridgehead atoms. The lowest BCUT2D eigenvalue weighted by molar-refractivity contribution is -0.123. The highest BCUT2D eigenvalue weighted by atomic mass is 31.0. The lowest BCUT2D eigenvalue weighted by atomic mass is 10.0. The van der Waals surface area contributed by atoms with Crippen LogP contribution in [0.15, 0.2) is 24.5 Å². The zero-order valence-electron chi connectivity index (χ0n) is 17.6. The Kier molecular flexibility index (Phi) is 6.33. The summed E-state index contributed by atoms with van der Waals surface area (Å²) in [6.45, 7) is 4.53. The quantitative estimate of drug-likeness (QED) is 0.705. The smallest absolute Gasteiger partial charge is 0.234 e. The third-order valence-corrected chi connectivity index (χ3v) is 6.29. The molecule has 3 atom stereocenters. The van der Waals surface area contributed by atoms with Gasteiger partial charge in [0.1, 0.15) is 22.5 Å². The zero-order valence-corrected chi connectivity index (χ0v) is 18.7. The molecule has 0 radical (unpaired) electrons. The minimum atomic E-state index is -1.55. The molecular formula is C21H27FN7OP. The number of benzene rings is 1. The van der Waals surface area contributed by atoms with Crippen LogP contribution in [0.4, 0.5) is 10.1 Å². The minimum Gasteiger partial charge on any atom is -0.364 e. The van der Waals surface area contributed by atoms with Crippen LogP contribution in [0.2, 0.25) is 0 Å². The topological polar surface area (TPSA) is 88.4 Å². The summed E-state index contributed by atoms with van der Waals surface area (Å²) in [6, 6.07) is 5.26. The van der Waals surface area contributed by atoms with Crippen molar-refractivity contribution >= 4 is 31.9 Å². The van der Waals surface area contributed by atoms with Gasteiger partial charge in [0.2, 0.25) is 5.91 Å². The Morgan fingerprint density at radius 3 is 2.71 bits per heavy atom.